The standard InChI is InChI=1S/C25H22N4O2/c1-15-13-19(22-16(2)28-29(3)24(22)26-15)25(30)27-23(17-9-5-4-6-10-17)21-14-18-11-7-8-12-20(18)31-21/h4-14,23H,1-3H3,(H,27,30). The zero-order valence-electron chi connectivity index (χ0n) is 17.6. The molecule has 1 amide bonds. The molecule has 3 aromatic heterocycles. The van der Waals surface area contributed by atoms with E-state index in [1.54, 1.807) is 4.68 Å². The fourth-order valence-electron chi connectivity index (χ4n) is 4.07. The maximum atomic E-state index is 13.5. The number of para-hydroxylation sites is 1. The quantitative estimate of drug-likeness (QED) is 0.460. The highest BCUT2D eigenvalue weighted by Gasteiger charge is 2.24. The summed E-state index contributed by atoms with van der Waals surface area (Å²) in [5, 5.41) is 9.40. The van der Waals surface area contributed by atoms with Crippen LogP contribution >= 0.6 is 0 Å². The zero-order chi connectivity index (χ0) is 21.5. The van der Waals surface area contributed by atoms with E-state index < -0.39 is 6.04 Å². The van der Waals surface area contributed by atoms with Crippen molar-refractivity contribution in [2.24, 2.45) is 7.05 Å². The molecule has 154 valence electrons. The van der Waals surface area contributed by atoms with E-state index in [4.69, 9.17) is 4.42 Å². The van der Waals surface area contributed by atoms with Crippen molar-refractivity contribution in [3.63, 3.8) is 0 Å². The number of aromatic nitrogens is 3. The molecule has 3 heterocycles. The first kappa shape index (κ1) is 19.1. The van der Waals surface area contributed by atoms with Crippen molar-refractivity contribution in [1.29, 1.82) is 0 Å². The Kier molecular flexibility index (Phi) is 4.55. The van der Waals surface area contributed by atoms with Gasteiger partial charge in [0.25, 0.3) is 5.91 Å². The molecule has 5 aromatic rings. The normalized spacial score (nSPS) is 12.4. The molecule has 0 aliphatic heterocycles. The van der Waals surface area contributed by atoms with Gasteiger partial charge in [0.1, 0.15) is 17.4 Å². The first-order valence-corrected chi connectivity index (χ1v) is 10.2. The lowest BCUT2D eigenvalue weighted by Crippen LogP contribution is -2.29. The molecule has 0 saturated carbocycles. The number of carbonyl (C=O) groups is 1. The van der Waals surface area contributed by atoms with E-state index in [9.17, 15) is 4.79 Å². The van der Waals surface area contributed by atoms with Crippen molar-refractivity contribution in [3.05, 3.63) is 95.0 Å². The number of hydrogen-bond donors (Lipinski definition) is 1. The van der Waals surface area contributed by atoms with Gasteiger partial charge in [-0.1, -0.05) is 48.5 Å². The van der Waals surface area contributed by atoms with Gasteiger partial charge in [0, 0.05) is 18.1 Å². The van der Waals surface area contributed by atoms with Crippen LogP contribution in [0.15, 0.2) is 71.1 Å². The molecule has 2 aromatic carbocycles. The average Bonchev–Trinajstić information content (AvgIpc) is 3.32. The Bertz CT molecular complexity index is 1380. The maximum Gasteiger partial charge on any atom is 0.253 e. The number of aryl methyl sites for hydroxylation is 3. The van der Waals surface area contributed by atoms with Gasteiger partial charge in [-0.2, -0.15) is 5.10 Å². The Hall–Kier alpha value is -3.93. The molecule has 0 radical (unpaired) electrons. The van der Waals surface area contributed by atoms with Crippen LogP contribution in [0.3, 0.4) is 0 Å². The number of nitrogens with one attached hydrogen (secondary N) is 1. The molecule has 5 rings (SSSR count). The second-order valence-corrected chi connectivity index (χ2v) is 7.72. The predicted octanol–water partition coefficient (Wildman–Crippen LogP) is 4.85. The summed E-state index contributed by atoms with van der Waals surface area (Å²) in [6.07, 6.45) is 0. The molecule has 1 unspecified atom stereocenters. The minimum atomic E-state index is -0.429. The molecular weight excluding hydrogens is 388 g/mol. The van der Waals surface area contributed by atoms with Gasteiger partial charge in [0.05, 0.1) is 16.6 Å². The second kappa shape index (κ2) is 7.40. The lowest BCUT2D eigenvalue weighted by molar-refractivity contribution is 0.0940. The highest BCUT2D eigenvalue weighted by Crippen LogP contribution is 2.29. The smallest absolute Gasteiger partial charge is 0.253 e. The van der Waals surface area contributed by atoms with E-state index in [0.29, 0.717) is 17.0 Å². The van der Waals surface area contributed by atoms with Crippen LogP contribution in [0.25, 0.3) is 22.0 Å². The lowest BCUT2D eigenvalue weighted by Gasteiger charge is -2.18. The molecular formula is C25H22N4O2. The van der Waals surface area contributed by atoms with E-state index in [1.165, 1.54) is 0 Å². The van der Waals surface area contributed by atoms with Gasteiger partial charge in [-0.3, -0.25) is 9.48 Å². The summed E-state index contributed by atoms with van der Waals surface area (Å²) < 4.78 is 7.83. The molecule has 0 aliphatic carbocycles. The van der Waals surface area contributed by atoms with Gasteiger partial charge in [-0.15, -0.1) is 0 Å². The van der Waals surface area contributed by atoms with Crippen LogP contribution < -0.4 is 5.32 Å². The van der Waals surface area contributed by atoms with Crippen LogP contribution in [0.4, 0.5) is 0 Å². The Morgan fingerprint density at radius 3 is 2.55 bits per heavy atom. The number of nitrogens with zero attached hydrogens (tertiary/aromatic N) is 3. The van der Waals surface area contributed by atoms with Crippen molar-refractivity contribution in [1.82, 2.24) is 20.1 Å². The monoisotopic (exact) mass is 410 g/mol. The first-order valence-electron chi connectivity index (χ1n) is 10.2. The summed E-state index contributed by atoms with van der Waals surface area (Å²) in [6, 6.07) is 21.0. The fourth-order valence-corrected chi connectivity index (χ4v) is 4.07. The number of rotatable bonds is 4. The predicted molar refractivity (Wildman–Crippen MR) is 120 cm³/mol. The van der Waals surface area contributed by atoms with Gasteiger partial charge in [-0.25, -0.2) is 4.98 Å². The van der Waals surface area contributed by atoms with Gasteiger partial charge in [-0.05, 0) is 37.6 Å². The van der Waals surface area contributed by atoms with E-state index in [1.807, 2.05) is 87.6 Å². The lowest BCUT2D eigenvalue weighted by atomic mass is 10.0. The van der Waals surface area contributed by atoms with E-state index in [2.05, 4.69) is 15.4 Å². The summed E-state index contributed by atoms with van der Waals surface area (Å²) in [4.78, 5) is 18.1. The third kappa shape index (κ3) is 3.36. The molecule has 0 bridgehead atoms. The Morgan fingerprint density at radius 2 is 1.77 bits per heavy atom. The van der Waals surface area contributed by atoms with Crippen LogP contribution in [0.5, 0.6) is 0 Å². The van der Waals surface area contributed by atoms with E-state index in [0.717, 1.165) is 33.3 Å². The number of hydrogen-bond acceptors (Lipinski definition) is 4. The molecule has 0 aliphatic rings. The number of pyridine rings is 1. The summed E-state index contributed by atoms with van der Waals surface area (Å²) in [5.41, 5.74) is 4.53. The number of fused-ring (bicyclic) bond motifs is 2. The fraction of sp³-hybridized carbons (Fsp3) is 0.160. The third-order valence-electron chi connectivity index (χ3n) is 5.48. The van der Waals surface area contributed by atoms with Gasteiger partial charge < -0.3 is 9.73 Å². The molecule has 1 N–H and O–H groups in total. The maximum absolute atomic E-state index is 13.5. The SMILES string of the molecule is Cc1cc(C(=O)NC(c2ccccc2)c2cc3ccccc3o2)c2c(C)nn(C)c2n1. The number of benzene rings is 2. The largest absolute Gasteiger partial charge is 0.459 e. The minimum Gasteiger partial charge on any atom is -0.459 e. The Balaban J connectivity index is 1.61. The van der Waals surface area contributed by atoms with Crippen molar-refractivity contribution in [3.8, 4) is 0 Å². The molecule has 0 saturated heterocycles. The summed E-state index contributed by atoms with van der Waals surface area (Å²) >= 11 is 0. The number of carbonyl (C=O) groups excluding carboxylic acids is 1. The van der Waals surface area contributed by atoms with Gasteiger partial charge >= 0.3 is 0 Å². The first-order chi connectivity index (χ1) is 15.0. The van der Waals surface area contributed by atoms with Crippen LogP contribution in [0.2, 0.25) is 0 Å². The van der Waals surface area contributed by atoms with Crippen LogP contribution in [0.1, 0.15) is 39.1 Å². The third-order valence-corrected chi connectivity index (χ3v) is 5.48. The average molecular weight is 410 g/mol. The summed E-state index contributed by atoms with van der Waals surface area (Å²) in [7, 11) is 1.84. The molecule has 0 fully saturated rings. The number of amides is 1. The molecule has 6 nitrogen and oxygen atoms in total. The van der Waals surface area contributed by atoms with Gasteiger partial charge in [0.15, 0.2) is 5.65 Å². The molecule has 6 heteroatoms. The highest BCUT2D eigenvalue weighted by molar-refractivity contribution is 6.06. The van der Waals surface area contributed by atoms with Crippen LogP contribution in [-0.2, 0) is 7.05 Å². The molecule has 31 heavy (non-hydrogen) atoms. The van der Waals surface area contributed by atoms with E-state index >= 15 is 0 Å². The summed E-state index contributed by atoms with van der Waals surface area (Å²) in [5.74, 6) is 0.492. The molecule has 0 spiro atoms. The van der Waals surface area contributed by atoms with Crippen LogP contribution in [0, 0.1) is 13.8 Å². The highest BCUT2D eigenvalue weighted by atomic mass is 16.3. The topological polar surface area (TPSA) is 73.0 Å². The Morgan fingerprint density at radius 1 is 1.03 bits per heavy atom. The second-order valence-electron chi connectivity index (χ2n) is 7.72. The Labute approximate surface area is 179 Å². The van der Waals surface area contributed by atoms with E-state index in [-0.39, 0.29) is 5.91 Å². The minimum absolute atomic E-state index is 0.194. The number of furan rings is 1. The summed E-state index contributed by atoms with van der Waals surface area (Å²) in [6.45, 7) is 3.77. The van der Waals surface area contributed by atoms with Crippen LogP contribution in [-0.4, -0.2) is 20.7 Å². The van der Waals surface area contributed by atoms with Crippen molar-refractivity contribution < 1.29 is 9.21 Å². The molecule has 1 atom stereocenters. The zero-order valence-corrected chi connectivity index (χ0v) is 17.6. The van der Waals surface area contributed by atoms with Gasteiger partial charge in [0.2, 0.25) is 0 Å². The van der Waals surface area contributed by atoms with Crippen molar-refractivity contribution in [2.45, 2.75) is 19.9 Å². The van der Waals surface area contributed by atoms with Crippen molar-refractivity contribution >= 4 is 27.9 Å². The van der Waals surface area contributed by atoms with Crippen molar-refractivity contribution in [2.75, 3.05) is 0 Å².